The molecule has 0 saturated carbocycles. The predicted molar refractivity (Wildman–Crippen MR) is 114 cm³/mol. The maximum Gasteiger partial charge on any atom is 0.339 e. The number of esters is 1. The number of ether oxygens (including phenoxy) is 1. The molecule has 0 bridgehead atoms. The van der Waals surface area contributed by atoms with Crippen molar-refractivity contribution in [1.82, 2.24) is 0 Å². The smallest absolute Gasteiger partial charge is 0.339 e. The number of aryl methyl sites for hydroxylation is 1. The Balaban J connectivity index is 1.60. The van der Waals surface area contributed by atoms with Gasteiger partial charge < -0.3 is 19.4 Å². The molecule has 29 heavy (non-hydrogen) atoms. The van der Waals surface area contributed by atoms with E-state index in [0.717, 1.165) is 36.3 Å². The molecule has 1 fully saturated rings. The number of hydrogen-bond donors (Lipinski definition) is 1. The van der Waals surface area contributed by atoms with Crippen LogP contribution in [0.5, 0.6) is 0 Å². The van der Waals surface area contributed by atoms with Gasteiger partial charge >= 0.3 is 5.97 Å². The average Bonchev–Trinajstić information content (AvgIpc) is 2.67. The molecule has 1 aromatic heterocycles. The Bertz CT molecular complexity index is 1120. The Morgan fingerprint density at radius 2 is 2.00 bits per heavy atom. The predicted octanol–water partition coefficient (Wildman–Crippen LogP) is 3.75. The number of benzene rings is 2. The highest BCUT2D eigenvalue weighted by atomic mass is 16.5. The van der Waals surface area contributed by atoms with Crippen molar-refractivity contribution in [3.05, 3.63) is 69.4 Å². The van der Waals surface area contributed by atoms with E-state index in [0.29, 0.717) is 35.4 Å². The van der Waals surface area contributed by atoms with Crippen LogP contribution < -0.4 is 15.6 Å². The van der Waals surface area contributed by atoms with Gasteiger partial charge in [-0.05, 0) is 49.1 Å². The number of nitrogens with zero attached hydrogens (tertiary/aromatic N) is 1. The van der Waals surface area contributed by atoms with Gasteiger partial charge in [0.25, 0.3) is 0 Å². The molecule has 3 aromatic rings. The number of carbonyl (C=O) groups excluding carboxylic acids is 1. The summed E-state index contributed by atoms with van der Waals surface area (Å²) in [5, 5.41) is 3.91. The Kier molecular flexibility index (Phi) is 5.25. The van der Waals surface area contributed by atoms with Crippen LogP contribution in [-0.2, 0) is 11.2 Å². The van der Waals surface area contributed by atoms with Crippen LogP contribution in [0.1, 0.15) is 27.9 Å². The number of para-hydroxylation sites is 1. The number of fused-ring (bicyclic) bond motifs is 1. The van der Waals surface area contributed by atoms with Gasteiger partial charge in [-0.15, -0.1) is 0 Å². The number of nitrogens with one attached hydrogen (secondary N) is 1. The summed E-state index contributed by atoms with van der Waals surface area (Å²) in [7, 11) is 1.37. The molecule has 0 atom stereocenters. The molecule has 0 unspecified atom stereocenters. The molecule has 1 saturated heterocycles. The highest BCUT2D eigenvalue weighted by molar-refractivity contribution is 5.95. The van der Waals surface area contributed by atoms with Gasteiger partial charge in [0.1, 0.15) is 5.58 Å². The van der Waals surface area contributed by atoms with Crippen molar-refractivity contribution in [2.75, 3.05) is 37.0 Å². The second kappa shape index (κ2) is 7.99. The first-order valence-corrected chi connectivity index (χ1v) is 9.80. The first kappa shape index (κ1) is 19.1. The zero-order chi connectivity index (χ0) is 20.4. The molecule has 1 aliphatic heterocycles. The van der Waals surface area contributed by atoms with Crippen LogP contribution in [0.2, 0.25) is 0 Å². The quantitative estimate of drug-likeness (QED) is 0.644. The van der Waals surface area contributed by atoms with Crippen LogP contribution in [0.25, 0.3) is 11.0 Å². The van der Waals surface area contributed by atoms with Gasteiger partial charge in [0.05, 0.1) is 18.1 Å². The fraction of sp³-hybridized carbons (Fsp3) is 0.304. The molecule has 2 heterocycles. The van der Waals surface area contributed by atoms with Crippen molar-refractivity contribution in [3.63, 3.8) is 0 Å². The van der Waals surface area contributed by atoms with E-state index < -0.39 is 0 Å². The van der Waals surface area contributed by atoms with Crippen molar-refractivity contribution >= 4 is 28.5 Å². The fourth-order valence-corrected chi connectivity index (χ4v) is 3.61. The summed E-state index contributed by atoms with van der Waals surface area (Å²) in [6, 6.07) is 12.8. The lowest BCUT2D eigenvalue weighted by atomic mass is 10.0. The summed E-state index contributed by atoms with van der Waals surface area (Å²) in [4.78, 5) is 26.7. The van der Waals surface area contributed by atoms with E-state index in [9.17, 15) is 9.59 Å². The molecule has 6 heteroatoms. The molecule has 0 aliphatic carbocycles. The van der Waals surface area contributed by atoms with Crippen LogP contribution in [0.3, 0.4) is 0 Å². The van der Waals surface area contributed by atoms with Gasteiger partial charge in [0, 0.05) is 31.4 Å². The van der Waals surface area contributed by atoms with E-state index in [2.05, 4.69) is 16.3 Å². The molecule has 1 N–H and O–H groups in total. The summed E-state index contributed by atoms with van der Waals surface area (Å²) in [5.74, 6) is 0.266. The maximum absolute atomic E-state index is 12.6. The number of methoxy groups -OCH3 is 1. The first-order valence-electron chi connectivity index (χ1n) is 9.80. The van der Waals surface area contributed by atoms with Crippen molar-refractivity contribution in [3.8, 4) is 0 Å². The van der Waals surface area contributed by atoms with E-state index >= 15 is 0 Å². The van der Waals surface area contributed by atoms with Gasteiger partial charge in [-0.3, -0.25) is 4.79 Å². The van der Waals surface area contributed by atoms with Gasteiger partial charge in [-0.25, -0.2) is 4.79 Å². The van der Waals surface area contributed by atoms with Crippen LogP contribution >= 0.6 is 0 Å². The first-order chi connectivity index (χ1) is 14.1. The molecular formula is C23H24N2O4. The number of hydrogen-bond acceptors (Lipinski definition) is 6. The number of anilines is 2. The van der Waals surface area contributed by atoms with Crippen molar-refractivity contribution in [2.24, 2.45) is 0 Å². The number of rotatable bonds is 6. The minimum Gasteiger partial charge on any atom is -0.465 e. The van der Waals surface area contributed by atoms with Crippen molar-refractivity contribution in [2.45, 2.75) is 19.8 Å². The standard InChI is InChI=1S/C23H24N2O4/c1-15-12-16(8-9-24-19-7-4-3-6-17(19)23(27)28-2)22-18(13-15)20(26)14-21(29-22)25-10-5-11-25/h3-4,6-7,12-14,24H,5,8-11H2,1-2H3. The highest BCUT2D eigenvalue weighted by Gasteiger charge is 2.19. The van der Waals surface area contributed by atoms with Gasteiger partial charge in [-0.1, -0.05) is 18.2 Å². The monoisotopic (exact) mass is 392 g/mol. The summed E-state index contributed by atoms with van der Waals surface area (Å²) in [6.07, 6.45) is 1.77. The molecule has 6 nitrogen and oxygen atoms in total. The zero-order valence-electron chi connectivity index (χ0n) is 16.7. The number of carbonyl (C=O) groups is 1. The Morgan fingerprint density at radius 3 is 2.72 bits per heavy atom. The Hall–Kier alpha value is -3.28. The summed E-state index contributed by atoms with van der Waals surface area (Å²) in [6.45, 7) is 4.40. The van der Waals surface area contributed by atoms with Crippen LogP contribution in [0.4, 0.5) is 11.6 Å². The highest BCUT2D eigenvalue weighted by Crippen LogP contribution is 2.27. The van der Waals surface area contributed by atoms with E-state index in [4.69, 9.17) is 9.15 Å². The zero-order valence-corrected chi connectivity index (χ0v) is 16.7. The molecule has 2 aromatic carbocycles. The second-order valence-corrected chi connectivity index (χ2v) is 7.30. The lowest BCUT2D eigenvalue weighted by Crippen LogP contribution is -2.37. The maximum atomic E-state index is 12.6. The average molecular weight is 392 g/mol. The summed E-state index contributed by atoms with van der Waals surface area (Å²) >= 11 is 0. The SMILES string of the molecule is COC(=O)c1ccccc1NCCc1cc(C)cc2c(=O)cc(N3CCC3)oc12. The van der Waals surface area contributed by atoms with Crippen LogP contribution in [0.15, 0.2) is 51.7 Å². The molecule has 150 valence electrons. The lowest BCUT2D eigenvalue weighted by Gasteiger charge is -2.31. The van der Waals surface area contributed by atoms with E-state index in [1.54, 1.807) is 18.2 Å². The van der Waals surface area contributed by atoms with Crippen molar-refractivity contribution in [1.29, 1.82) is 0 Å². The van der Waals surface area contributed by atoms with E-state index in [1.807, 2.05) is 25.1 Å². The topological polar surface area (TPSA) is 71.8 Å². The van der Waals surface area contributed by atoms with Crippen LogP contribution in [-0.4, -0.2) is 32.7 Å². The van der Waals surface area contributed by atoms with Gasteiger partial charge in [0.2, 0.25) is 0 Å². The third-order valence-corrected chi connectivity index (χ3v) is 5.25. The molecule has 0 spiro atoms. The minimum atomic E-state index is -0.376. The molecule has 0 radical (unpaired) electrons. The largest absolute Gasteiger partial charge is 0.465 e. The molecular weight excluding hydrogens is 368 g/mol. The van der Waals surface area contributed by atoms with Gasteiger partial charge in [-0.2, -0.15) is 0 Å². The third-order valence-electron chi connectivity index (χ3n) is 5.25. The summed E-state index contributed by atoms with van der Waals surface area (Å²) in [5.41, 5.74) is 3.85. The molecule has 0 amide bonds. The van der Waals surface area contributed by atoms with E-state index in [1.165, 1.54) is 7.11 Å². The van der Waals surface area contributed by atoms with E-state index in [-0.39, 0.29) is 11.4 Å². The van der Waals surface area contributed by atoms with Gasteiger partial charge in [0.15, 0.2) is 11.3 Å². The van der Waals surface area contributed by atoms with Crippen molar-refractivity contribution < 1.29 is 13.9 Å². The fourth-order valence-electron chi connectivity index (χ4n) is 3.61. The summed E-state index contributed by atoms with van der Waals surface area (Å²) < 4.78 is 11.0. The minimum absolute atomic E-state index is 0.0119. The lowest BCUT2D eigenvalue weighted by molar-refractivity contribution is 0.0602. The third kappa shape index (κ3) is 3.83. The Morgan fingerprint density at radius 1 is 1.21 bits per heavy atom. The van der Waals surface area contributed by atoms with Crippen LogP contribution in [0, 0.1) is 6.92 Å². The molecule has 4 rings (SSSR count). The Labute approximate surface area is 169 Å². The molecule has 1 aliphatic rings. The normalized spacial score (nSPS) is 13.2. The second-order valence-electron chi connectivity index (χ2n) is 7.30.